The molecule has 1 saturated carbocycles. The minimum Gasteiger partial charge on any atom is -0.387 e. The third kappa shape index (κ3) is 3.71. The quantitative estimate of drug-likeness (QED) is 0.596. The number of carbonyl (C=O) groups is 1. The summed E-state index contributed by atoms with van der Waals surface area (Å²) in [6, 6.07) is 0. The van der Waals surface area contributed by atoms with Gasteiger partial charge < -0.3 is 10.6 Å². The Morgan fingerprint density at radius 3 is 2.11 bits per heavy atom. The molecule has 0 aromatic carbocycles. The lowest BCUT2D eigenvalue weighted by molar-refractivity contribution is -0.133. The molecule has 3 N–H and O–H groups in total. The summed E-state index contributed by atoms with van der Waals surface area (Å²) in [7, 11) is 1.91. The largest absolute Gasteiger partial charge is 0.387 e. The van der Waals surface area contributed by atoms with Crippen molar-refractivity contribution in [2.45, 2.75) is 71.3 Å². The highest BCUT2D eigenvalue weighted by molar-refractivity contribution is 5.83. The van der Waals surface area contributed by atoms with Gasteiger partial charge in [-0.25, -0.2) is 0 Å². The normalized spacial score (nSPS) is 32.8. The van der Waals surface area contributed by atoms with Gasteiger partial charge in [0.1, 0.15) is 0 Å². The van der Waals surface area contributed by atoms with Gasteiger partial charge in [-0.2, -0.15) is 0 Å². The lowest BCUT2D eigenvalue weighted by Crippen LogP contribution is -2.46. The van der Waals surface area contributed by atoms with Gasteiger partial charge in [-0.1, -0.05) is 26.2 Å². The molecular weight excluding hydrogens is 238 g/mol. The third-order valence-electron chi connectivity index (χ3n) is 5.07. The van der Waals surface area contributed by atoms with Gasteiger partial charge in [-0.05, 0) is 32.6 Å². The van der Waals surface area contributed by atoms with E-state index in [0.29, 0.717) is 5.84 Å². The van der Waals surface area contributed by atoms with Gasteiger partial charge in [0.15, 0.2) is 0 Å². The van der Waals surface area contributed by atoms with Crippen molar-refractivity contribution >= 4 is 11.7 Å². The van der Waals surface area contributed by atoms with Crippen molar-refractivity contribution in [1.29, 1.82) is 5.41 Å². The minimum absolute atomic E-state index is 0.0477. The van der Waals surface area contributed by atoms with Crippen molar-refractivity contribution in [2.24, 2.45) is 11.1 Å². The Kier molecular flexibility index (Phi) is 4.99. The summed E-state index contributed by atoms with van der Waals surface area (Å²) in [5.41, 5.74) is 5.57. The van der Waals surface area contributed by atoms with Crippen LogP contribution in [0.4, 0.5) is 0 Å². The molecule has 0 saturated heterocycles. The number of hydrogen-bond acceptors (Lipinski definition) is 2. The summed E-state index contributed by atoms with van der Waals surface area (Å²) < 4.78 is 0. The molecule has 4 heteroatoms. The molecule has 0 heterocycles. The number of amidine groups is 1. The van der Waals surface area contributed by atoms with Crippen LogP contribution in [-0.4, -0.2) is 29.2 Å². The van der Waals surface area contributed by atoms with Crippen LogP contribution in [0.5, 0.6) is 0 Å². The van der Waals surface area contributed by atoms with E-state index in [9.17, 15) is 4.79 Å². The van der Waals surface area contributed by atoms with Crippen LogP contribution in [-0.2, 0) is 4.79 Å². The van der Waals surface area contributed by atoms with Crippen LogP contribution in [0.25, 0.3) is 0 Å². The van der Waals surface area contributed by atoms with Crippen molar-refractivity contribution in [1.82, 2.24) is 4.90 Å². The Morgan fingerprint density at radius 2 is 1.58 bits per heavy atom. The molecule has 1 amide bonds. The smallest absolute Gasteiger partial charge is 0.219 e. The lowest BCUT2D eigenvalue weighted by Gasteiger charge is -2.39. The average Bonchev–Trinajstić information content (AvgIpc) is 2.40. The van der Waals surface area contributed by atoms with Crippen molar-refractivity contribution < 1.29 is 4.79 Å². The molecule has 0 aromatic rings. The van der Waals surface area contributed by atoms with E-state index < -0.39 is 0 Å². The number of hydrogen-bond donors (Lipinski definition) is 2. The van der Waals surface area contributed by atoms with Gasteiger partial charge >= 0.3 is 0 Å². The fraction of sp³-hybridized carbons (Fsp3) is 0.867. The zero-order valence-electron chi connectivity index (χ0n) is 12.9. The van der Waals surface area contributed by atoms with Crippen molar-refractivity contribution in [3.05, 3.63) is 0 Å². The maximum Gasteiger partial charge on any atom is 0.219 e. The second-order valence-corrected chi connectivity index (χ2v) is 6.61. The Balaban J connectivity index is 2.80. The first-order valence-electron chi connectivity index (χ1n) is 7.30. The summed E-state index contributed by atoms with van der Waals surface area (Å²) in [4.78, 5) is 13.5. The van der Waals surface area contributed by atoms with Crippen LogP contribution in [0, 0.1) is 10.8 Å². The number of rotatable bonds is 2. The number of nitrogens with two attached hydrogens (primary N) is 1. The van der Waals surface area contributed by atoms with E-state index in [0.717, 1.165) is 44.9 Å². The average molecular weight is 267 g/mol. The van der Waals surface area contributed by atoms with Crippen molar-refractivity contribution in [2.75, 3.05) is 7.05 Å². The van der Waals surface area contributed by atoms with E-state index in [4.69, 9.17) is 11.1 Å². The number of nitrogens with zero attached hydrogens (tertiary/aromatic N) is 1. The Hall–Kier alpha value is -1.06. The SMILES string of the molecule is CC(=O)N(C)C1(C)CCCCC(C)(C(=N)N)CCC1. The monoisotopic (exact) mass is 267 g/mol. The molecule has 0 bridgehead atoms. The predicted molar refractivity (Wildman–Crippen MR) is 79.2 cm³/mol. The lowest BCUT2D eigenvalue weighted by atomic mass is 9.79. The van der Waals surface area contributed by atoms with Crippen LogP contribution in [0.2, 0.25) is 0 Å². The maximum absolute atomic E-state index is 11.6. The van der Waals surface area contributed by atoms with E-state index in [1.54, 1.807) is 6.92 Å². The zero-order chi connectivity index (χ0) is 14.7. The molecule has 19 heavy (non-hydrogen) atoms. The first-order valence-corrected chi connectivity index (χ1v) is 7.30. The third-order valence-corrected chi connectivity index (χ3v) is 5.07. The molecule has 110 valence electrons. The molecule has 4 nitrogen and oxygen atoms in total. The molecule has 1 rings (SSSR count). The second-order valence-electron chi connectivity index (χ2n) is 6.61. The number of amides is 1. The van der Waals surface area contributed by atoms with E-state index in [2.05, 4.69) is 13.8 Å². The zero-order valence-corrected chi connectivity index (χ0v) is 12.9. The Labute approximate surface area is 117 Å². The number of carbonyl (C=O) groups excluding carboxylic acids is 1. The highest BCUT2D eigenvalue weighted by Crippen LogP contribution is 2.37. The van der Waals surface area contributed by atoms with Crippen LogP contribution < -0.4 is 5.73 Å². The van der Waals surface area contributed by atoms with Crippen molar-refractivity contribution in [3.63, 3.8) is 0 Å². The van der Waals surface area contributed by atoms with Crippen LogP contribution in [0.3, 0.4) is 0 Å². The summed E-state index contributed by atoms with van der Waals surface area (Å²) in [5.74, 6) is 0.451. The standard InChI is InChI=1S/C15H29N3O/c1-12(19)18(4)15(3)10-6-5-8-14(2,13(16)17)9-7-11-15/h5-11H2,1-4H3,(H3,16,17). The molecule has 0 radical (unpaired) electrons. The van der Waals surface area contributed by atoms with E-state index in [-0.39, 0.29) is 16.9 Å². The molecule has 0 aliphatic heterocycles. The summed E-state index contributed by atoms with van der Waals surface area (Å²) in [5, 5.41) is 7.79. The second kappa shape index (κ2) is 5.93. The predicted octanol–water partition coefficient (Wildman–Crippen LogP) is 2.91. The van der Waals surface area contributed by atoms with Gasteiger partial charge in [-0.15, -0.1) is 0 Å². The van der Waals surface area contributed by atoms with Gasteiger partial charge in [0.05, 0.1) is 5.84 Å². The summed E-state index contributed by atoms with van der Waals surface area (Å²) >= 11 is 0. The molecule has 1 fully saturated rings. The summed E-state index contributed by atoms with van der Waals surface area (Å²) in [6.07, 6.45) is 7.16. The summed E-state index contributed by atoms with van der Waals surface area (Å²) in [6.45, 7) is 5.93. The molecule has 1 aliphatic rings. The van der Waals surface area contributed by atoms with Gasteiger partial charge in [0, 0.05) is 24.9 Å². The van der Waals surface area contributed by atoms with E-state index >= 15 is 0 Å². The Morgan fingerprint density at radius 1 is 1.11 bits per heavy atom. The topological polar surface area (TPSA) is 70.2 Å². The van der Waals surface area contributed by atoms with Crippen LogP contribution in [0.1, 0.15) is 65.7 Å². The van der Waals surface area contributed by atoms with E-state index in [1.807, 2.05) is 11.9 Å². The fourth-order valence-corrected chi connectivity index (χ4v) is 3.12. The van der Waals surface area contributed by atoms with Crippen LogP contribution >= 0.6 is 0 Å². The molecule has 2 unspecified atom stereocenters. The number of nitrogens with one attached hydrogen (secondary N) is 1. The van der Waals surface area contributed by atoms with Gasteiger partial charge in [-0.3, -0.25) is 10.2 Å². The molecule has 0 aromatic heterocycles. The first-order chi connectivity index (χ1) is 8.71. The molecule has 0 spiro atoms. The molecular formula is C15H29N3O. The Bertz CT molecular complexity index is 355. The first kappa shape index (κ1) is 16.0. The fourth-order valence-electron chi connectivity index (χ4n) is 3.12. The van der Waals surface area contributed by atoms with E-state index in [1.165, 1.54) is 0 Å². The molecule has 1 aliphatic carbocycles. The van der Waals surface area contributed by atoms with Crippen molar-refractivity contribution in [3.8, 4) is 0 Å². The highest BCUT2D eigenvalue weighted by Gasteiger charge is 2.34. The highest BCUT2D eigenvalue weighted by atomic mass is 16.2. The maximum atomic E-state index is 11.6. The van der Waals surface area contributed by atoms with Gasteiger partial charge in [0.25, 0.3) is 0 Å². The minimum atomic E-state index is -0.153. The van der Waals surface area contributed by atoms with Crippen LogP contribution in [0.15, 0.2) is 0 Å². The molecule has 2 atom stereocenters. The van der Waals surface area contributed by atoms with Gasteiger partial charge in [0.2, 0.25) is 5.91 Å².